The van der Waals surface area contributed by atoms with E-state index >= 15 is 0 Å². The second kappa shape index (κ2) is 48.1. The van der Waals surface area contributed by atoms with Crippen molar-refractivity contribution in [3.8, 4) is 12.1 Å². The molecule has 2 rings (SSSR count). The minimum atomic E-state index is 0. The van der Waals surface area contributed by atoms with Crippen molar-refractivity contribution in [1.29, 1.82) is 0 Å². The molecule has 299 valence electrons. The Labute approximate surface area is 353 Å². The first-order valence-corrected chi connectivity index (χ1v) is 24.2. The molecule has 2 heterocycles. The molecule has 1 saturated heterocycles. The summed E-state index contributed by atoms with van der Waals surface area (Å²) in [6, 6.07) is 5.48. The zero-order chi connectivity index (χ0) is 38.2. The molecule has 3 radical (unpaired) electrons. The maximum Gasteiger partial charge on any atom is 0 e. The quantitative estimate of drug-likeness (QED) is 0.0331. The number of unbranched alkanes of at least 4 members (excludes halogenated alkanes) is 12. The van der Waals surface area contributed by atoms with E-state index in [0.29, 0.717) is 5.41 Å². The van der Waals surface area contributed by atoms with Gasteiger partial charge >= 0.3 is 40.9 Å². The summed E-state index contributed by atoms with van der Waals surface area (Å²) >= 11 is 1.07. The fourth-order valence-electron chi connectivity index (χ4n) is 6.52. The predicted molar refractivity (Wildman–Crippen MR) is 235 cm³/mol. The summed E-state index contributed by atoms with van der Waals surface area (Å²) in [6.07, 6.45) is 31.8. The van der Waals surface area contributed by atoms with Crippen molar-refractivity contribution in [2.45, 2.75) is 236 Å². The molecule has 2 aliphatic rings. The third-order valence-electron chi connectivity index (χ3n) is 9.62. The number of piperidine rings is 1. The molecular weight excluding hydrogens is 991 g/mol. The molecule has 4 unspecified atom stereocenters. The minimum absolute atomic E-state index is 0. The van der Waals surface area contributed by atoms with E-state index < -0.39 is 0 Å². The van der Waals surface area contributed by atoms with Crippen molar-refractivity contribution in [2.75, 3.05) is 19.6 Å². The molecular formula is C45H94N2PPbW. The Hall–Kier alpha value is 1.10. The summed E-state index contributed by atoms with van der Waals surface area (Å²) in [7, 11) is 2.98. The predicted octanol–water partition coefficient (Wildman–Crippen LogP) is 15.2. The summed E-state index contributed by atoms with van der Waals surface area (Å²) in [5.74, 6) is 0.973. The van der Waals surface area contributed by atoms with Gasteiger partial charge in [0.2, 0.25) is 0 Å². The molecule has 5 heteroatoms. The Morgan fingerprint density at radius 1 is 0.740 bits per heavy atom. The van der Waals surface area contributed by atoms with Crippen LogP contribution in [-0.4, -0.2) is 59.0 Å². The van der Waals surface area contributed by atoms with Crippen LogP contribution in [0.4, 0.5) is 0 Å². The first-order valence-electron chi connectivity index (χ1n) is 21.8. The van der Waals surface area contributed by atoms with Gasteiger partial charge in [0.25, 0.3) is 0 Å². The zero-order valence-electron chi connectivity index (χ0n) is 36.6. The molecule has 0 bridgehead atoms. The third-order valence-corrected chi connectivity index (χ3v) is 11.1. The smallest absolute Gasteiger partial charge is 0 e. The molecule has 0 aliphatic carbocycles. The van der Waals surface area contributed by atoms with Crippen LogP contribution in [0.25, 0.3) is 0 Å². The normalized spacial score (nSPS) is 17.4. The van der Waals surface area contributed by atoms with Crippen LogP contribution in [0.1, 0.15) is 231 Å². The van der Waals surface area contributed by atoms with Gasteiger partial charge in [-0.15, -0.1) is 9.24 Å². The van der Waals surface area contributed by atoms with Crippen LogP contribution in [0, 0.1) is 23.4 Å². The van der Waals surface area contributed by atoms with Gasteiger partial charge in [-0.3, -0.25) is 0 Å². The van der Waals surface area contributed by atoms with Crippen LogP contribution in [-0.2, 0) is 21.1 Å². The van der Waals surface area contributed by atoms with Gasteiger partial charge in [-0.05, 0) is 75.0 Å². The number of nitrogens with zero attached hydrogens (tertiary/aromatic N) is 2. The van der Waals surface area contributed by atoms with Gasteiger partial charge < -0.3 is 4.90 Å². The molecule has 0 saturated carbocycles. The molecule has 2 aliphatic heterocycles. The minimum Gasteiger partial charge on any atom is 0 e. The maximum atomic E-state index is 4.25. The Bertz CT molecular complexity index is 699. The molecule has 50 heavy (non-hydrogen) atoms. The molecule has 0 aromatic rings. The number of hydrogen-bond acceptors (Lipinski definition) is 2. The SMILES string of the molecule is C=C(CCCCCCCCCCCCC)CC(P)CCC.CC.CC.CCCC1CCN(CCC)CC1(C)CC.CCCCC.[Pb][N]1C#C1.[W]. The van der Waals surface area contributed by atoms with E-state index in [2.05, 4.69) is 88.2 Å². The molecule has 0 aromatic heterocycles. The first-order chi connectivity index (χ1) is 23.7. The van der Waals surface area contributed by atoms with E-state index in [-0.39, 0.29) is 21.1 Å². The van der Waals surface area contributed by atoms with Crippen LogP contribution in [0.15, 0.2) is 12.2 Å². The number of allylic oxidation sites excluding steroid dienone is 1. The Kier molecular flexibility index (Phi) is 58.1. The molecule has 0 aromatic carbocycles. The first kappa shape index (κ1) is 60.4. The average Bonchev–Trinajstić information content (AvgIpc) is 3.90. The van der Waals surface area contributed by atoms with Crippen molar-refractivity contribution in [1.82, 2.24) is 7.61 Å². The van der Waals surface area contributed by atoms with Crippen molar-refractivity contribution in [3.63, 3.8) is 0 Å². The fraction of sp³-hybridized carbons (Fsp3) is 0.911. The van der Waals surface area contributed by atoms with Gasteiger partial charge in [0.1, 0.15) is 0 Å². The summed E-state index contributed by atoms with van der Waals surface area (Å²) in [5.41, 5.74) is 2.82. The van der Waals surface area contributed by atoms with Gasteiger partial charge in [-0.1, -0.05) is 198 Å². The molecule has 1 fully saturated rings. The molecule has 0 amide bonds. The van der Waals surface area contributed by atoms with Gasteiger partial charge in [-0.2, -0.15) is 0 Å². The van der Waals surface area contributed by atoms with Gasteiger partial charge in [0.15, 0.2) is 0 Å². The summed E-state index contributed by atoms with van der Waals surface area (Å²) in [6.45, 7) is 34.7. The Morgan fingerprint density at radius 3 is 1.56 bits per heavy atom. The van der Waals surface area contributed by atoms with Gasteiger partial charge in [0, 0.05) is 27.6 Å². The number of likely N-dealkylation sites (tertiary alicyclic amines) is 1. The van der Waals surface area contributed by atoms with Gasteiger partial charge in [0.05, 0.1) is 0 Å². The van der Waals surface area contributed by atoms with Gasteiger partial charge in [-0.25, -0.2) is 0 Å². The van der Waals surface area contributed by atoms with E-state index in [9.17, 15) is 0 Å². The van der Waals surface area contributed by atoms with Crippen LogP contribution in [0.2, 0.25) is 0 Å². The van der Waals surface area contributed by atoms with E-state index in [4.69, 9.17) is 0 Å². The van der Waals surface area contributed by atoms with Crippen molar-refractivity contribution in [2.24, 2.45) is 11.3 Å². The van der Waals surface area contributed by atoms with E-state index in [1.54, 1.807) is 0 Å². The maximum absolute atomic E-state index is 4.25. The van der Waals surface area contributed by atoms with E-state index in [1.165, 1.54) is 173 Å². The summed E-state index contributed by atoms with van der Waals surface area (Å²) in [5, 5.41) is 0. The second-order valence-electron chi connectivity index (χ2n) is 14.3. The molecule has 0 spiro atoms. The van der Waals surface area contributed by atoms with Crippen molar-refractivity contribution < 1.29 is 21.1 Å². The molecule has 2 nitrogen and oxygen atoms in total. The van der Waals surface area contributed by atoms with Crippen LogP contribution in [0.5, 0.6) is 0 Å². The largest absolute Gasteiger partial charge is 0 e. The number of hydrogen-bond donors (Lipinski definition) is 0. The van der Waals surface area contributed by atoms with Crippen LogP contribution < -0.4 is 0 Å². The topological polar surface area (TPSA) is 6.25 Å². The number of rotatable bonds is 23. The monoisotopic (exact) mass is 1090 g/mol. The van der Waals surface area contributed by atoms with Crippen molar-refractivity contribution in [3.05, 3.63) is 12.2 Å². The average molecular weight is 1090 g/mol. The fourth-order valence-corrected chi connectivity index (χ4v) is 7.38. The third kappa shape index (κ3) is 43.5. The Morgan fingerprint density at radius 2 is 1.20 bits per heavy atom. The zero-order valence-corrected chi connectivity index (χ0v) is 44.6. The van der Waals surface area contributed by atoms with Crippen molar-refractivity contribution >= 4 is 35.3 Å². The standard InChI is InChI=1S/C20H41P.C14H29N.C5H12.C2N.2C2H6.Pb.W/c1-4-6-7-8-9-10-11-12-13-14-15-17-19(3)18-20(21)16-5-2;1-5-8-13-9-11-15(10-6-2)12-14(13,4)7-3;1-3-5-4-2;1-2-3-1;2*1-2;;/h20H,3-18,21H2,1-2H3;13H,5-12H2,1-4H3;3-5H2,1-2H3;;2*1-2H3;;/q;;;-1;;;+1;. The second-order valence-corrected chi connectivity index (χ2v) is 16.9. The summed E-state index contributed by atoms with van der Waals surface area (Å²) in [4.78, 5) is 2.68. The molecule has 0 N–H and O–H groups in total. The summed E-state index contributed by atoms with van der Waals surface area (Å²) < 4.78 is 1.89. The Balaban J connectivity index is -0.000000200. The van der Waals surface area contributed by atoms with Crippen LogP contribution in [0.3, 0.4) is 0 Å². The van der Waals surface area contributed by atoms with Crippen LogP contribution >= 0.6 is 9.24 Å². The molecule has 4 atom stereocenters. The van der Waals surface area contributed by atoms with E-state index in [0.717, 1.165) is 37.6 Å². The van der Waals surface area contributed by atoms with E-state index in [1.807, 2.05) is 30.4 Å².